The van der Waals surface area contributed by atoms with E-state index in [0.717, 1.165) is 46.2 Å². The minimum Gasteiger partial charge on any atom is -0.0830 e. The van der Waals surface area contributed by atoms with Crippen molar-refractivity contribution in [3.63, 3.8) is 0 Å². The molecule has 3 aromatic carbocycles. The van der Waals surface area contributed by atoms with Crippen molar-refractivity contribution in [2.75, 3.05) is 0 Å². The van der Waals surface area contributed by atoms with E-state index >= 15 is 0 Å². The first-order chi connectivity index (χ1) is 14.7. The molecular formula is C30H24. The molecule has 3 aromatic rings. The van der Waals surface area contributed by atoms with Crippen molar-refractivity contribution in [2.45, 2.75) is 26.7 Å². The molecule has 144 valence electrons. The molecule has 4 rings (SSSR count). The SMILES string of the molecule is Cc1ccc(C#CC2=CCCC=C2)c(-c2cc(C)ccc2C#Cc2ccccc2)c1. The Kier molecular flexibility index (Phi) is 5.98. The zero-order valence-corrected chi connectivity index (χ0v) is 17.5. The van der Waals surface area contributed by atoms with E-state index in [-0.39, 0.29) is 0 Å². The molecule has 0 amide bonds. The molecule has 0 radical (unpaired) electrons. The highest BCUT2D eigenvalue weighted by atomic mass is 14.1. The minimum absolute atomic E-state index is 1.02. The molecule has 1 aliphatic carbocycles. The minimum atomic E-state index is 1.02. The number of allylic oxidation sites excluding steroid dienone is 4. The summed E-state index contributed by atoms with van der Waals surface area (Å²) in [5, 5.41) is 0. The maximum absolute atomic E-state index is 3.41. The second-order valence-corrected chi connectivity index (χ2v) is 7.60. The Labute approximate surface area is 180 Å². The lowest BCUT2D eigenvalue weighted by Crippen LogP contribution is -1.92. The third-order valence-corrected chi connectivity index (χ3v) is 5.09. The van der Waals surface area contributed by atoms with E-state index in [4.69, 9.17) is 0 Å². The fourth-order valence-electron chi connectivity index (χ4n) is 3.49. The van der Waals surface area contributed by atoms with E-state index in [0.29, 0.717) is 0 Å². The normalized spacial score (nSPS) is 12.3. The van der Waals surface area contributed by atoms with Crippen LogP contribution in [0.3, 0.4) is 0 Å². The summed E-state index contributed by atoms with van der Waals surface area (Å²) in [5.74, 6) is 13.4. The first-order valence-electron chi connectivity index (χ1n) is 10.4. The zero-order valence-electron chi connectivity index (χ0n) is 17.5. The Bertz CT molecular complexity index is 1250. The van der Waals surface area contributed by atoms with Crippen LogP contribution in [-0.2, 0) is 0 Å². The van der Waals surface area contributed by atoms with Crippen LogP contribution in [0.1, 0.15) is 40.7 Å². The van der Waals surface area contributed by atoms with E-state index in [1.165, 1.54) is 11.1 Å². The first-order valence-corrected chi connectivity index (χ1v) is 10.4. The van der Waals surface area contributed by atoms with Crippen molar-refractivity contribution in [2.24, 2.45) is 0 Å². The molecule has 0 heterocycles. The van der Waals surface area contributed by atoms with Crippen molar-refractivity contribution in [3.05, 3.63) is 118 Å². The lowest BCUT2D eigenvalue weighted by atomic mass is 9.92. The summed E-state index contributed by atoms with van der Waals surface area (Å²) in [5.41, 5.74) is 8.89. The monoisotopic (exact) mass is 384 g/mol. The molecule has 0 spiro atoms. The molecule has 0 atom stereocenters. The highest BCUT2D eigenvalue weighted by molar-refractivity contribution is 5.78. The average Bonchev–Trinajstić information content (AvgIpc) is 2.79. The average molecular weight is 385 g/mol. The molecule has 0 fully saturated rings. The smallest absolute Gasteiger partial charge is 0.0328 e. The fraction of sp³-hybridized carbons (Fsp3) is 0.133. The van der Waals surface area contributed by atoms with Crippen molar-refractivity contribution in [3.8, 4) is 34.8 Å². The zero-order chi connectivity index (χ0) is 20.8. The highest BCUT2D eigenvalue weighted by Gasteiger charge is 2.09. The fourth-order valence-corrected chi connectivity index (χ4v) is 3.49. The summed E-state index contributed by atoms with van der Waals surface area (Å²) in [6.07, 6.45) is 8.70. The Morgan fingerprint density at radius 3 is 1.87 bits per heavy atom. The summed E-state index contributed by atoms with van der Waals surface area (Å²) >= 11 is 0. The number of hydrogen-bond acceptors (Lipinski definition) is 0. The van der Waals surface area contributed by atoms with Crippen LogP contribution in [0.5, 0.6) is 0 Å². The van der Waals surface area contributed by atoms with E-state index in [1.54, 1.807) is 0 Å². The molecule has 0 bridgehead atoms. The van der Waals surface area contributed by atoms with Gasteiger partial charge >= 0.3 is 0 Å². The summed E-state index contributed by atoms with van der Waals surface area (Å²) in [4.78, 5) is 0. The molecule has 0 saturated heterocycles. The van der Waals surface area contributed by atoms with E-state index in [1.807, 2.05) is 30.3 Å². The van der Waals surface area contributed by atoms with Crippen molar-refractivity contribution < 1.29 is 0 Å². The molecule has 0 N–H and O–H groups in total. The van der Waals surface area contributed by atoms with Crippen molar-refractivity contribution in [1.29, 1.82) is 0 Å². The summed E-state index contributed by atoms with van der Waals surface area (Å²) in [7, 11) is 0. The molecule has 30 heavy (non-hydrogen) atoms. The molecule has 0 unspecified atom stereocenters. The van der Waals surface area contributed by atoms with Gasteiger partial charge in [0.1, 0.15) is 0 Å². The lowest BCUT2D eigenvalue weighted by molar-refractivity contribution is 1.03. The number of hydrogen-bond donors (Lipinski definition) is 0. The van der Waals surface area contributed by atoms with Gasteiger partial charge in [0.15, 0.2) is 0 Å². The van der Waals surface area contributed by atoms with Crippen LogP contribution in [0.2, 0.25) is 0 Å². The highest BCUT2D eigenvalue weighted by Crippen LogP contribution is 2.29. The van der Waals surface area contributed by atoms with Crippen LogP contribution in [-0.4, -0.2) is 0 Å². The Hall–Kier alpha value is -3.74. The summed E-state index contributed by atoms with van der Waals surface area (Å²) < 4.78 is 0. The molecule has 0 saturated carbocycles. The van der Waals surface area contributed by atoms with Crippen LogP contribution in [0.4, 0.5) is 0 Å². The van der Waals surface area contributed by atoms with Gasteiger partial charge in [-0.15, -0.1) is 0 Å². The van der Waals surface area contributed by atoms with Crippen molar-refractivity contribution in [1.82, 2.24) is 0 Å². The molecule has 0 aliphatic heterocycles. The molecule has 0 nitrogen and oxygen atoms in total. The van der Waals surface area contributed by atoms with Crippen LogP contribution in [0.15, 0.2) is 90.5 Å². The number of aryl methyl sites for hydroxylation is 2. The van der Waals surface area contributed by atoms with Gasteiger partial charge in [0.2, 0.25) is 0 Å². The van der Waals surface area contributed by atoms with Gasteiger partial charge in [-0.1, -0.05) is 95.5 Å². The Balaban J connectivity index is 1.81. The maximum Gasteiger partial charge on any atom is 0.0328 e. The summed E-state index contributed by atoms with van der Waals surface area (Å²) in [6.45, 7) is 4.24. The van der Waals surface area contributed by atoms with E-state index in [9.17, 15) is 0 Å². The summed E-state index contributed by atoms with van der Waals surface area (Å²) in [6, 6.07) is 23.1. The van der Waals surface area contributed by atoms with Gasteiger partial charge in [-0.25, -0.2) is 0 Å². The van der Waals surface area contributed by atoms with Gasteiger partial charge in [-0.2, -0.15) is 0 Å². The third kappa shape index (κ3) is 4.81. The van der Waals surface area contributed by atoms with Crippen LogP contribution >= 0.6 is 0 Å². The number of benzene rings is 3. The lowest BCUT2D eigenvalue weighted by Gasteiger charge is -2.10. The molecule has 0 heteroatoms. The second kappa shape index (κ2) is 9.17. The topological polar surface area (TPSA) is 0 Å². The third-order valence-electron chi connectivity index (χ3n) is 5.09. The van der Waals surface area contributed by atoms with Crippen LogP contribution in [0.25, 0.3) is 11.1 Å². The molecule has 1 aliphatic rings. The standard InChI is InChI=1S/C30H24/c1-23-13-17-27(19-15-25-9-5-3-6-10-25)29(21-23)30-22-24(2)14-18-28(30)20-16-26-11-7-4-8-12-26/h3,5-7,9-14,17-18,21-22H,4,8H2,1-2H3. The van der Waals surface area contributed by atoms with Crippen LogP contribution < -0.4 is 0 Å². The second-order valence-electron chi connectivity index (χ2n) is 7.60. The first kappa shape index (κ1) is 19.6. The molecular weight excluding hydrogens is 360 g/mol. The van der Waals surface area contributed by atoms with Crippen LogP contribution in [0, 0.1) is 37.5 Å². The largest absolute Gasteiger partial charge is 0.0830 e. The van der Waals surface area contributed by atoms with E-state index < -0.39 is 0 Å². The predicted molar refractivity (Wildman–Crippen MR) is 127 cm³/mol. The van der Waals surface area contributed by atoms with Gasteiger partial charge < -0.3 is 0 Å². The Morgan fingerprint density at radius 1 is 0.633 bits per heavy atom. The Morgan fingerprint density at radius 2 is 1.27 bits per heavy atom. The number of rotatable bonds is 1. The van der Waals surface area contributed by atoms with Gasteiger partial charge in [-0.3, -0.25) is 0 Å². The molecule has 0 aromatic heterocycles. The maximum atomic E-state index is 3.41. The van der Waals surface area contributed by atoms with Crippen molar-refractivity contribution >= 4 is 0 Å². The predicted octanol–water partition coefficient (Wildman–Crippen LogP) is 7.00. The quantitative estimate of drug-likeness (QED) is 0.396. The van der Waals surface area contributed by atoms with Gasteiger partial charge in [0, 0.05) is 22.3 Å². The van der Waals surface area contributed by atoms with Gasteiger partial charge in [-0.05, 0) is 62.1 Å². The van der Waals surface area contributed by atoms with E-state index in [2.05, 4.69) is 92.2 Å². The van der Waals surface area contributed by atoms with Gasteiger partial charge in [0.05, 0.1) is 0 Å². The van der Waals surface area contributed by atoms with Gasteiger partial charge in [0.25, 0.3) is 0 Å².